The first-order valence-electron chi connectivity index (χ1n) is 7.85. The van der Waals surface area contributed by atoms with Crippen molar-refractivity contribution in [1.29, 1.82) is 0 Å². The molecule has 2 aliphatic rings. The maximum atomic E-state index is 4.64. The fourth-order valence-corrected chi connectivity index (χ4v) is 2.68. The molecule has 24 heavy (non-hydrogen) atoms. The summed E-state index contributed by atoms with van der Waals surface area (Å²) >= 11 is 5.94. The Morgan fingerprint density at radius 2 is 1.08 bits per heavy atom. The van der Waals surface area contributed by atoms with Gasteiger partial charge in [0.05, 0.1) is 0 Å². The summed E-state index contributed by atoms with van der Waals surface area (Å²) < 4.78 is 3.34. The second-order valence-electron chi connectivity index (χ2n) is 5.32. The van der Waals surface area contributed by atoms with Crippen LogP contribution in [0.3, 0.4) is 0 Å². The van der Waals surface area contributed by atoms with Crippen molar-refractivity contribution in [3.05, 3.63) is 82.9 Å². The van der Waals surface area contributed by atoms with Crippen molar-refractivity contribution in [2.75, 3.05) is 6.38 Å². The van der Waals surface area contributed by atoms with Gasteiger partial charge in [-0.05, 0) is 0 Å². The molecule has 0 heterocycles. The van der Waals surface area contributed by atoms with Gasteiger partial charge in [0.2, 0.25) is 0 Å². The van der Waals surface area contributed by atoms with Gasteiger partial charge in [0.15, 0.2) is 0 Å². The fraction of sp³-hybridized carbons (Fsp3) is 0.227. The standard InChI is InChI=1S/2C10H9.CH3Cl.CH2.Zr/c2*1-8-6-7-9-4-2-3-5-10(8)9;1-2;;/h2*2-5,7-8H,1H3;1H3;1H2;/q2*-1;;;+2. The Balaban J connectivity index is 0.000000199. The summed E-state index contributed by atoms with van der Waals surface area (Å²) in [5.41, 5.74) is 5.47. The van der Waals surface area contributed by atoms with Crippen LogP contribution in [0.15, 0.2) is 48.5 Å². The quantitative estimate of drug-likeness (QED) is 0.363. The topological polar surface area (TPSA) is 0 Å². The van der Waals surface area contributed by atoms with Crippen LogP contribution in [0.4, 0.5) is 0 Å². The molecule has 0 saturated carbocycles. The predicted molar refractivity (Wildman–Crippen MR) is 104 cm³/mol. The van der Waals surface area contributed by atoms with E-state index in [9.17, 15) is 0 Å². The second kappa shape index (κ2) is 11.5. The van der Waals surface area contributed by atoms with Crippen molar-refractivity contribution in [2.24, 2.45) is 0 Å². The number of fused-ring (bicyclic) bond motifs is 2. The molecule has 0 amide bonds. The van der Waals surface area contributed by atoms with Gasteiger partial charge in [-0.1, -0.05) is 62.1 Å². The first-order chi connectivity index (χ1) is 11.8. The normalized spacial score (nSPS) is 18.1. The molecule has 2 aromatic carbocycles. The molecule has 122 valence electrons. The monoisotopic (exact) mass is 412 g/mol. The number of alkyl halides is 1. The molecule has 0 aromatic heterocycles. The number of hydrogen-bond donors (Lipinski definition) is 0. The SMILES string of the molecule is CC1[C-]=Cc2ccccc21.CC1[C-]=Cc2ccccc21.CCl.[CH2]=[Zr+2]. The third kappa shape index (κ3) is 5.50. The average molecular weight is 414 g/mol. The van der Waals surface area contributed by atoms with Crippen LogP contribution in [0.25, 0.3) is 12.2 Å². The van der Waals surface area contributed by atoms with Gasteiger partial charge >= 0.3 is 28.4 Å². The summed E-state index contributed by atoms with van der Waals surface area (Å²) in [6, 6.07) is 16.9. The molecule has 0 spiro atoms. The number of allylic oxidation sites excluding steroid dienone is 2. The Bertz CT molecular complexity index is 628. The van der Waals surface area contributed by atoms with Crippen LogP contribution in [0, 0.1) is 12.2 Å². The Labute approximate surface area is 166 Å². The van der Waals surface area contributed by atoms with Crippen LogP contribution in [0.5, 0.6) is 0 Å². The van der Waals surface area contributed by atoms with Gasteiger partial charge in [0.1, 0.15) is 0 Å². The summed E-state index contributed by atoms with van der Waals surface area (Å²) in [6.45, 7) is 4.34. The van der Waals surface area contributed by atoms with Crippen LogP contribution in [0.1, 0.15) is 47.9 Å². The van der Waals surface area contributed by atoms with Gasteiger partial charge < -0.3 is 0 Å². The third-order valence-corrected chi connectivity index (χ3v) is 3.90. The molecule has 2 heteroatoms. The molecule has 4 rings (SSSR count). The van der Waals surface area contributed by atoms with E-state index in [1.807, 2.05) is 0 Å². The summed E-state index contributed by atoms with van der Waals surface area (Å²) in [7, 11) is 0. The summed E-state index contributed by atoms with van der Waals surface area (Å²) in [5.74, 6) is 0.993. The molecule has 2 aliphatic carbocycles. The van der Waals surface area contributed by atoms with Crippen molar-refractivity contribution >= 4 is 28.0 Å². The van der Waals surface area contributed by atoms with Crippen LogP contribution >= 0.6 is 11.6 Å². The summed E-state index contributed by atoms with van der Waals surface area (Å²) in [5, 5.41) is 0. The van der Waals surface area contributed by atoms with Crippen LogP contribution in [-0.2, 0) is 24.2 Å². The van der Waals surface area contributed by atoms with Crippen molar-refractivity contribution in [3.63, 3.8) is 0 Å². The van der Waals surface area contributed by atoms with Gasteiger partial charge in [-0.2, -0.15) is 11.1 Å². The van der Waals surface area contributed by atoms with Crippen molar-refractivity contribution in [1.82, 2.24) is 0 Å². The summed E-state index contributed by atoms with van der Waals surface area (Å²) in [6.07, 6.45) is 12.1. The van der Waals surface area contributed by atoms with Gasteiger partial charge in [-0.15, -0.1) is 34.9 Å². The molecule has 2 atom stereocenters. The molecular formula is C22H23ClZr. The Morgan fingerprint density at radius 1 is 0.750 bits per heavy atom. The van der Waals surface area contributed by atoms with E-state index < -0.39 is 0 Å². The number of rotatable bonds is 0. The molecule has 2 aromatic rings. The Hall–Kier alpha value is -1.04. The Kier molecular flexibility index (Phi) is 10.1. The number of halogens is 1. The van der Waals surface area contributed by atoms with E-state index in [-0.39, 0.29) is 0 Å². The molecule has 0 fully saturated rings. The zero-order valence-electron chi connectivity index (χ0n) is 14.5. The van der Waals surface area contributed by atoms with Crippen LogP contribution in [-0.4, -0.2) is 10.6 Å². The molecular weight excluding hydrogens is 391 g/mol. The summed E-state index contributed by atoms with van der Waals surface area (Å²) in [4.78, 5) is 0. The molecule has 0 N–H and O–H groups in total. The van der Waals surface area contributed by atoms with Gasteiger partial charge in [-0.25, -0.2) is 12.2 Å². The van der Waals surface area contributed by atoms with E-state index in [4.69, 9.17) is 0 Å². The third-order valence-electron chi connectivity index (χ3n) is 3.90. The van der Waals surface area contributed by atoms with Crippen molar-refractivity contribution in [2.45, 2.75) is 25.7 Å². The fourth-order valence-electron chi connectivity index (χ4n) is 2.68. The van der Waals surface area contributed by atoms with Gasteiger partial charge in [0, 0.05) is 6.38 Å². The number of benzene rings is 2. The first-order valence-corrected chi connectivity index (χ1v) is 10.3. The van der Waals surface area contributed by atoms with Gasteiger partial charge in [0.25, 0.3) is 0 Å². The molecule has 0 radical (unpaired) electrons. The van der Waals surface area contributed by atoms with Crippen molar-refractivity contribution in [3.8, 4) is 0 Å². The van der Waals surface area contributed by atoms with E-state index in [0.717, 1.165) is 0 Å². The van der Waals surface area contributed by atoms with Crippen LogP contribution < -0.4 is 0 Å². The second-order valence-corrected chi connectivity index (χ2v) is 5.32. The molecule has 0 aliphatic heterocycles. The molecule has 0 bridgehead atoms. The number of hydrogen-bond acceptors (Lipinski definition) is 0. The first kappa shape index (κ1) is 21.0. The molecule has 2 unspecified atom stereocenters. The maximum absolute atomic E-state index is 4.64. The van der Waals surface area contributed by atoms with E-state index in [2.05, 4.69) is 102 Å². The van der Waals surface area contributed by atoms with E-state index in [1.54, 1.807) is 0 Å². The van der Waals surface area contributed by atoms with E-state index in [0.29, 0.717) is 11.8 Å². The van der Waals surface area contributed by atoms with Crippen molar-refractivity contribution < 1.29 is 24.2 Å². The minimum atomic E-state index is 0.496. The van der Waals surface area contributed by atoms with Crippen LogP contribution in [0.2, 0.25) is 0 Å². The zero-order valence-corrected chi connectivity index (χ0v) is 17.7. The minimum absolute atomic E-state index is 0.496. The molecule has 0 nitrogen and oxygen atoms in total. The van der Waals surface area contributed by atoms with E-state index >= 15 is 0 Å². The van der Waals surface area contributed by atoms with E-state index in [1.165, 1.54) is 52.9 Å². The molecule has 0 saturated heterocycles. The Morgan fingerprint density at radius 3 is 1.42 bits per heavy atom. The van der Waals surface area contributed by atoms with Gasteiger partial charge in [-0.3, -0.25) is 12.2 Å². The average Bonchev–Trinajstić information content (AvgIpc) is 3.23. The predicted octanol–water partition coefficient (Wildman–Crippen LogP) is 6.06. The zero-order chi connectivity index (χ0) is 17.9.